The van der Waals surface area contributed by atoms with Gasteiger partial charge in [0.25, 0.3) is 0 Å². The normalized spacial score (nSPS) is 25.4. The molecule has 0 bridgehead atoms. The Morgan fingerprint density at radius 3 is 2.73 bits per heavy atom. The molecule has 9 nitrogen and oxygen atoms in total. The standard InChI is InChI=1S/C20H26ClN5O4/c1-10(27)23-18-24-16(21)13-17(25-18)26(9-22-13)12-7-11(8-28-19(2,3)4)14-15(12)30-20(5,6)29-14/h7,9,12,14-15H,8H2,1-6H3,(H,23,24,25,27)/t12-,14-,15+/m0/s1. The number of carbonyl (C=O) groups is 1. The van der Waals surface area contributed by atoms with Crippen LogP contribution in [0, 0.1) is 0 Å². The van der Waals surface area contributed by atoms with Crippen molar-refractivity contribution in [2.24, 2.45) is 0 Å². The fourth-order valence-electron chi connectivity index (χ4n) is 3.72. The van der Waals surface area contributed by atoms with E-state index in [-0.39, 0.29) is 40.9 Å². The van der Waals surface area contributed by atoms with E-state index in [1.165, 1.54) is 6.92 Å². The van der Waals surface area contributed by atoms with Gasteiger partial charge < -0.3 is 18.8 Å². The van der Waals surface area contributed by atoms with Crippen molar-refractivity contribution in [3.63, 3.8) is 0 Å². The Morgan fingerprint density at radius 2 is 2.07 bits per heavy atom. The third kappa shape index (κ3) is 4.07. The van der Waals surface area contributed by atoms with E-state index in [1.54, 1.807) is 6.33 Å². The third-order valence-corrected chi connectivity index (χ3v) is 5.14. The lowest BCUT2D eigenvalue weighted by Gasteiger charge is -2.23. The lowest BCUT2D eigenvalue weighted by atomic mass is 10.1. The lowest BCUT2D eigenvalue weighted by molar-refractivity contribution is -0.148. The van der Waals surface area contributed by atoms with Crippen molar-refractivity contribution in [3.05, 3.63) is 23.1 Å². The van der Waals surface area contributed by atoms with Crippen molar-refractivity contribution < 1.29 is 19.0 Å². The Morgan fingerprint density at radius 1 is 1.33 bits per heavy atom. The number of ether oxygens (including phenoxy) is 3. The smallest absolute Gasteiger partial charge is 0.232 e. The first-order chi connectivity index (χ1) is 13.9. The predicted molar refractivity (Wildman–Crippen MR) is 111 cm³/mol. The maximum Gasteiger partial charge on any atom is 0.232 e. The topological polar surface area (TPSA) is 100 Å². The number of carbonyl (C=O) groups excluding carboxylic acids is 1. The molecule has 0 unspecified atom stereocenters. The number of amides is 1. The van der Waals surface area contributed by atoms with Crippen molar-refractivity contribution in [2.45, 2.75) is 71.2 Å². The van der Waals surface area contributed by atoms with Gasteiger partial charge in [-0.15, -0.1) is 0 Å². The Labute approximate surface area is 179 Å². The van der Waals surface area contributed by atoms with Crippen molar-refractivity contribution in [1.29, 1.82) is 0 Å². The molecule has 1 aliphatic carbocycles. The molecule has 2 aliphatic rings. The molecule has 0 saturated carbocycles. The summed E-state index contributed by atoms with van der Waals surface area (Å²) in [4.78, 5) is 24.4. The average Bonchev–Trinajstić information content (AvgIpc) is 3.23. The van der Waals surface area contributed by atoms with Crippen LogP contribution >= 0.6 is 11.6 Å². The molecule has 2 aromatic heterocycles. The van der Waals surface area contributed by atoms with Gasteiger partial charge in [0.15, 0.2) is 16.6 Å². The van der Waals surface area contributed by atoms with Crippen LogP contribution in [0.5, 0.6) is 0 Å². The molecule has 1 aliphatic heterocycles. The predicted octanol–water partition coefficient (Wildman–Crippen LogP) is 3.25. The van der Waals surface area contributed by atoms with Crippen LogP contribution in [0.25, 0.3) is 11.2 Å². The molecule has 0 radical (unpaired) electrons. The van der Waals surface area contributed by atoms with Crippen LogP contribution in [0.15, 0.2) is 18.0 Å². The molecule has 10 heteroatoms. The van der Waals surface area contributed by atoms with Crippen LogP contribution in [0.1, 0.15) is 47.6 Å². The van der Waals surface area contributed by atoms with E-state index >= 15 is 0 Å². The largest absolute Gasteiger partial charge is 0.371 e. The van der Waals surface area contributed by atoms with Crippen molar-refractivity contribution in [1.82, 2.24) is 19.5 Å². The molecule has 1 fully saturated rings. The molecule has 0 spiro atoms. The zero-order valence-corrected chi connectivity index (χ0v) is 18.6. The number of hydrogen-bond acceptors (Lipinski definition) is 7. The zero-order valence-electron chi connectivity index (χ0n) is 17.9. The van der Waals surface area contributed by atoms with Gasteiger partial charge in [0.2, 0.25) is 11.9 Å². The first-order valence-electron chi connectivity index (χ1n) is 9.81. The second-order valence-corrected chi connectivity index (χ2v) is 9.36. The van der Waals surface area contributed by atoms with Crippen molar-refractivity contribution in [3.8, 4) is 0 Å². The Balaban J connectivity index is 1.74. The Kier molecular flexibility index (Phi) is 5.13. The highest BCUT2D eigenvalue weighted by molar-refractivity contribution is 6.33. The van der Waals surface area contributed by atoms with Gasteiger partial charge in [0.1, 0.15) is 17.7 Å². The van der Waals surface area contributed by atoms with E-state index in [4.69, 9.17) is 25.8 Å². The summed E-state index contributed by atoms with van der Waals surface area (Å²) in [6.45, 7) is 11.6. The summed E-state index contributed by atoms with van der Waals surface area (Å²) in [6.07, 6.45) is 3.22. The molecule has 2 aromatic rings. The minimum absolute atomic E-state index is 0.125. The monoisotopic (exact) mass is 435 g/mol. The summed E-state index contributed by atoms with van der Waals surface area (Å²) < 4.78 is 20.3. The minimum atomic E-state index is -0.723. The fraction of sp³-hybridized carbons (Fsp3) is 0.600. The molecule has 30 heavy (non-hydrogen) atoms. The van der Waals surface area contributed by atoms with Gasteiger partial charge in [-0.1, -0.05) is 17.7 Å². The number of halogens is 1. The third-order valence-electron chi connectivity index (χ3n) is 4.88. The molecule has 3 heterocycles. The summed E-state index contributed by atoms with van der Waals surface area (Å²) >= 11 is 6.28. The molecule has 0 aromatic carbocycles. The summed E-state index contributed by atoms with van der Waals surface area (Å²) in [5, 5.41) is 2.74. The molecule has 1 saturated heterocycles. The van der Waals surface area contributed by atoms with Gasteiger partial charge in [0.05, 0.1) is 24.6 Å². The van der Waals surface area contributed by atoms with Crippen LogP contribution in [0.4, 0.5) is 5.95 Å². The highest BCUT2D eigenvalue weighted by atomic mass is 35.5. The molecular weight excluding hydrogens is 410 g/mol. The Bertz CT molecular complexity index is 1030. The number of nitrogens with zero attached hydrogens (tertiary/aromatic N) is 4. The highest BCUT2D eigenvalue weighted by Gasteiger charge is 2.51. The second kappa shape index (κ2) is 7.26. The minimum Gasteiger partial charge on any atom is -0.371 e. The van der Waals surface area contributed by atoms with E-state index in [0.29, 0.717) is 17.8 Å². The number of hydrogen-bond donors (Lipinski definition) is 1. The van der Waals surface area contributed by atoms with Gasteiger partial charge in [0, 0.05) is 6.92 Å². The first-order valence-corrected chi connectivity index (χ1v) is 10.2. The molecule has 1 N–H and O–H groups in total. The van der Waals surface area contributed by atoms with Crippen LogP contribution in [0.3, 0.4) is 0 Å². The van der Waals surface area contributed by atoms with E-state index in [2.05, 4.69) is 26.3 Å². The quantitative estimate of drug-likeness (QED) is 0.581. The number of imidazole rings is 1. The maximum absolute atomic E-state index is 11.4. The fourth-order valence-corrected chi connectivity index (χ4v) is 3.93. The molecule has 1 amide bonds. The zero-order chi connectivity index (χ0) is 21.8. The van der Waals surface area contributed by atoms with E-state index in [9.17, 15) is 4.79 Å². The number of nitrogens with one attached hydrogen (secondary N) is 1. The van der Waals surface area contributed by atoms with Crippen LogP contribution in [0.2, 0.25) is 5.15 Å². The maximum atomic E-state index is 11.4. The molecule has 162 valence electrons. The molecule has 4 rings (SSSR count). The number of aromatic nitrogens is 4. The molecule has 3 atom stereocenters. The SMILES string of the molecule is CC(=O)Nc1nc(Cl)c2ncn([C@H]3C=C(COC(C)(C)C)[C@@H]4OC(C)(C)O[C@@H]43)c2n1. The van der Waals surface area contributed by atoms with Gasteiger partial charge in [-0.2, -0.15) is 9.97 Å². The summed E-state index contributed by atoms with van der Waals surface area (Å²) in [5.41, 5.74) is 1.69. The van der Waals surface area contributed by atoms with E-state index in [1.807, 2.05) is 39.2 Å². The molecular formula is C20H26ClN5O4. The first kappa shape index (κ1) is 21.2. The number of fused-ring (bicyclic) bond motifs is 2. The lowest BCUT2D eigenvalue weighted by Crippen LogP contribution is -2.29. The van der Waals surface area contributed by atoms with E-state index in [0.717, 1.165) is 5.57 Å². The van der Waals surface area contributed by atoms with Gasteiger partial charge >= 0.3 is 0 Å². The van der Waals surface area contributed by atoms with Gasteiger partial charge in [-0.3, -0.25) is 10.1 Å². The summed E-state index contributed by atoms with van der Waals surface area (Å²) in [7, 11) is 0. The van der Waals surface area contributed by atoms with E-state index < -0.39 is 5.79 Å². The second-order valence-electron chi connectivity index (χ2n) is 9.00. The van der Waals surface area contributed by atoms with Crippen LogP contribution in [-0.4, -0.2) is 55.6 Å². The van der Waals surface area contributed by atoms with Crippen LogP contribution < -0.4 is 5.32 Å². The van der Waals surface area contributed by atoms with Gasteiger partial charge in [-0.05, 0) is 40.2 Å². The number of anilines is 1. The van der Waals surface area contributed by atoms with Crippen molar-refractivity contribution in [2.75, 3.05) is 11.9 Å². The summed E-state index contributed by atoms with van der Waals surface area (Å²) in [5.74, 6) is -0.882. The van der Waals surface area contributed by atoms with Gasteiger partial charge in [-0.25, -0.2) is 4.98 Å². The van der Waals surface area contributed by atoms with Crippen molar-refractivity contribution >= 4 is 34.6 Å². The highest BCUT2D eigenvalue weighted by Crippen LogP contribution is 2.44. The summed E-state index contributed by atoms with van der Waals surface area (Å²) in [6, 6.07) is -0.225. The number of rotatable bonds is 4. The Hall–Kier alpha value is -2.07. The van der Waals surface area contributed by atoms with Crippen LogP contribution in [-0.2, 0) is 19.0 Å². The average molecular weight is 436 g/mol.